The van der Waals surface area contributed by atoms with Gasteiger partial charge in [-0.05, 0) is 102 Å². The number of sulfonamides is 1. The molecule has 1 saturated heterocycles. The topological polar surface area (TPSA) is 98.2 Å². The Bertz CT molecular complexity index is 2300. The average molecular weight is 822 g/mol. The predicted molar refractivity (Wildman–Crippen MR) is 198 cm³/mol. The molecule has 4 aromatic rings. The van der Waals surface area contributed by atoms with Gasteiger partial charge in [0.2, 0.25) is 21.7 Å². The van der Waals surface area contributed by atoms with Crippen LogP contribution < -0.4 is 9.80 Å². The number of aromatic carboxylic acids is 1. The molecule has 1 amide bonds. The lowest BCUT2D eigenvalue weighted by Gasteiger charge is -2.31. The Kier molecular flexibility index (Phi) is 11.5. The molecule has 1 heterocycles. The highest BCUT2D eigenvalue weighted by molar-refractivity contribution is 7.89. The van der Waals surface area contributed by atoms with Crippen molar-refractivity contribution >= 4 is 44.9 Å². The van der Waals surface area contributed by atoms with Crippen molar-refractivity contribution in [3.05, 3.63) is 122 Å². The summed E-state index contributed by atoms with van der Waals surface area (Å²) in [6.45, 7) is 5.28. The fraction of sp³-hybridized carbons (Fsp3) is 0.350. The summed E-state index contributed by atoms with van der Waals surface area (Å²) in [7, 11) is -5.76. The Balaban J connectivity index is 1.51. The molecule has 8 nitrogen and oxygen atoms in total. The number of benzene rings is 4. The van der Waals surface area contributed by atoms with Gasteiger partial charge in [-0.25, -0.2) is 39.6 Å². The van der Waals surface area contributed by atoms with Crippen LogP contribution in [0.5, 0.6) is 0 Å². The normalized spacial score (nSPS) is 14.8. The standard InChI is InChI=1S/C40H38ClF6N3O5S/c1-40(2,3)26-14-22(15-28(17-26)48-12-4-5-13-48)19-50(31-11-9-24(39(52)53)16-29(31)23-6-7-23)32(51)21-49(20-25-8-10-27(42)18-30(25)41)56(54,55)38-36(46)34(44)33(43)35(45)37(38)47/h8-11,14-18,23H,4-7,12-13,19-21H2,1-3H3,(H,52,53). The minimum absolute atomic E-state index is 0.0597. The van der Waals surface area contributed by atoms with Gasteiger partial charge in [-0.2, -0.15) is 4.31 Å². The lowest BCUT2D eigenvalue weighted by atomic mass is 9.85. The summed E-state index contributed by atoms with van der Waals surface area (Å²) in [6.07, 6.45) is 3.29. The summed E-state index contributed by atoms with van der Waals surface area (Å²) in [5, 5.41) is 9.45. The molecule has 0 atom stereocenters. The molecule has 56 heavy (non-hydrogen) atoms. The van der Waals surface area contributed by atoms with Crippen LogP contribution in [0.1, 0.15) is 85.0 Å². The third kappa shape index (κ3) is 8.40. The summed E-state index contributed by atoms with van der Waals surface area (Å²) >= 11 is 6.20. The highest BCUT2D eigenvalue weighted by Crippen LogP contribution is 2.45. The minimum atomic E-state index is -5.76. The molecule has 298 valence electrons. The summed E-state index contributed by atoms with van der Waals surface area (Å²) < 4.78 is 116. The molecular formula is C40H38ClF6N3O5S. The predicted octanol–water partition coefficient (Wildman–Crippen LogP) is 9.07. The Morgan fingerprint density at radius 3 is 2.04 bits per heavy atom. The number of carbonyl (C=O) groups excluding carboxylic acids is 1. The molecule has 0 spiro atoms. The molecule has 0 radical (unpaired) electrons. The van der Waals surface area contributed by atoms with Crippen LogP contribution in [0.25, 0.3) is 0 Å². The molecular weight excluding hydrogens is 784 g/mol. The van der Waals surface area contributed by atoms with E-state index in [0.717, 1.165) is 55.4 Å². The zero-order valence-corrected chi connectivity index (χ0v) is 32.2. The summed E-state index contributed by atoms with van der Waals surface area (Å²) in [5.74, 6) is -16.1. The van der Waals surface area contributed by atoms with Crippen LogP contribution in [-0.4, -0.2) is 49.3 Å². The number of anilines is 2. The van der Waals surface area contributed by atoms with Gasteiger partial charge in [0.15, 0.2) is 28.2 Å². The molecule has 1 aliphatic carbocycles. The van der Waals surface area contributed by atoms with Crippen molar-refractivity contribution < 1.29 is 49.5 Å². The second kappa shape index (κ2) is 15.7. The fourth-order valence-electron chi connectivity index (χ4n) is 6.74. The number of nitrogens with zero attached hydrogens (tertiary/aromatic N) is 3. The van der Waals surface area contributed by atoms with Crippen LogP contribution in [-0.2, 0) is 33.3 Å². The van der Waals surface area contributed by atoms with E-state index in [1.165, 1.54) is 23.1 Å². The van der Waals surface area contributed by atoms with Gasteiger partial charge in [0.25, 0.3) is 0 Å². The maximum absolute atomic E-state index is 15.2. The number of carboxylic acids is 1. The monoisotopic (exact) mass is 821 g/mol. The summed E-state index contributed by atoms with van der Waals surface area (Å²) in [5.41, 5.74) is 2.59. The lowest BCUT2D eigenvalue weighted by Crippen LogP contribution is -2.43. The second-order valence-corrected chi connectivity index (χ2v) is 17.4. The maximum Gasteiger partial charge on any atom is 0.335 e. The second-order valence-electron chi connectivity index (χ2n) is 15.1. The van der Waals surface area contributed by atoms with Gasteiger partial charge in [-0.1, -0.05) is 44.5 Å². The molecule has 2 aliphatic rings. The minimum Gasteiger partial charge on any atom is -0.478 e. The maximum atomic E-state index is 15.2. The zero-order valence-electron chi connectivity index (χ0n) is 30.6. The molecule has 4 aromatic carbocycles. The number of hydrogen-bond donors (Lipinski definition) is 1. The average Bonchev–Trinajstić information content (AvgIpc) is 3.84. The van der Waals surface area contributed by atoms with Gasteiger partial charge < -0.3 is 14.9 Å². The van der Waals surface area contributed by atoms with Gasteiger partial charge in [0.05, 0.1) is 18.7 Å². The summed E-state index contributed by atoms with van der Waals surface area (Å²) in [6, 6.07) is 12.8. The number of carboxylic acid groups (broad SMARTS) is 1. The molecule has 16 heteroatoms. The molecule has 1 N–H and O–H groups in total. The van der Waals surface area contributed by atoms with Crippen LogP contribution in [0.4, 0.5) is 37.7 Å². The highest BCUT2D eigenvalue weighted by atomic mass is 35.5. The van der Waals surface area contributed by atoms with Crippen LogP contribution in [0, 0.1) is 34.9 Å². The van der Waals surface area contributed by atoms with Crippen molar-refractivity contribution in [3.8, 4) is 0 Å². The van der Waals surface area contributed by atoms with Gasteiger partial charge in [-0.3, -0.25) is 4.79 Å². The van der Waals surface area contributed by atoms with E-state index >= 15 is 8.78 Å². The Morgan fingerprint density at radius 1 is 0.839 bits per heavy atom. The molecule has 1 aliphatic heterocycles. The van der Waals surface area contributed by atoms with Gasteiger partial charge in [-0.15, -0.1) is 0 Å². The van der Waals surface area contributed by atoms with Crippen LogP contribution >= 0.6 is 11.6 Å². The number of hydrogen-bond acceptors (Lipinski definition) is 5. The third-order valence-electron chi connectivity index (χ3n) is 9.98. The quantitative estimate of drug-likeness (QED) is 0.0871. The van der Waals surface area contributed by atoms with Crippen LogP contribution in [0.3, 0.4) is 0 Å². The first-order valence-corrected chi connectivity index (χ1v) is 19.6. The van der Waals surface area contributed by atoms with E-state index in [1.807, 2.05) is 32.9 Å². The van der Waals surface area contributed by atoms with E-state index in [0.29, 0.717) is 24.0 Å². The largest absolute Gasteiger partial charge is 0.478 e. The number of rotatable bonds is 12. The van der Waals surface area contributed by atoms with E-state index < -0.39 is 74.8 Å². The lowest BCUT2D eigenvalue weighted by molar-refractivity contribution is -0.119. The third-order valence-corrected chi connectivity index (χ3v) is 12.1. The van der Waals surface area contributed by atoms with E-state index in [9.17, 15) is 40.7 Å². The smallest absolute Gasteiger partial charge is 0.335 e. The van der Waals surface area contributed by atoms with Gasteiger partial charge >= 0.3 is 5.97 Å². The van der Waals surface area contributed by atoms with Gasteiger partial charge in [0, 0.05) is 36.0 Å². The van der Waals surface area contributed by atoms with Crippen molar-refractivity contribution in [1.29, 1.82) is 0 Å². The first-order valence-electron chi connectivity index (χ1n) is 17.8. The molecule has 0 bridgehead atoms. The zero-order chi connectivity index (χ0) is 40.9. The Hall–Kier alpha value is -4.60. The van der Waals surface area contributed by atoms with Crippen LogP contribution in [0.15, 0.2) is 59.5 Å². The number of amides is 1. The van der Waals surface area contributed by atoms with E-state index in [4.69, 9.17) is 11.6 Å². The fourth-order valence-corrected chi connectivity index (χ4v) is 8.45. The Morgan fingerprint density at radius 2 is 1.46 bits per heavy atom. The van der Waals surface area contributed by atoms with E-state index in [-0.39, 0.29) is 44.0 Å². The van der Waals surface area contributed by atoms with E-state index in [1.54, 1.807) is 0 Å². The Labute approximate surface area is 325 Å². The first kappa shape index (κ1) is 41.0. The molecule has 1 saturated carbocycles. The number of halogens is 7. The van der Waals surface area contributed by atoms with Crippen molar-refractivity contribution in [2.75, 3.05) is 29.4 Å². The van der Waals surface area contributed by atoms with Gasteiger partial charge in [0.1, 0.15) is 5.82 Å². The number of carbonyl (C=O) groups is 2. The molecule has 0 aromatic heterocycles. The first-order chi connectivity index (χ1) is 26.3. The van der Waals surface area contributed by atoms with Crippen molar-refractivity contribution in [1.82, 2.24) is 4.31 Å². The molecule has 0 unspecified atom stereocenters. The van der Waals surface area contributed by atoms with Crippen molar-refractivity contribution in [2.45, 2.75) is 75.8 Å². The van der Waals surface area contributed by atoms with E-state index in [2.05, 4.69) is 11.0 Å². The molecule has 2 fully saturated rings. The summed E-state index contributed by atoms with van der Waals surface area (Å²) in [4.78, 5) is 28.0. The molecule has 6 rings (SSSR count). The highest BCUT2D eigenvalue weighted by Gasteiger charge is 2.40. The van der Waals surface area contributed by atoms with Crippen molar-refractivity contribution in [2.24, 2.45) is 0 Å². The van der Waals surface area contributed by atoms with Crippen LogP contribution in [0.2, 0.25) is 5.02 Å². The van der Waals surface area contributed by atoms with Crippen molar-refractivity contribution in [3.63, 3.8) is 0 Å². The SMILES string of the molecule is CC(C)(C)c1cc(CN(C(=O)CN(Cc2ccc(F)cc2Cl)S(=O)(=O)c2c(F)c(F)c(F)c(F)c2F)c2ccc(C(=O)O)cc2C2CC2)cc(N2CCCC2)c1.